The minimum absolute atomic E-state index is 0.139. The van der Waals surface area contributed by atoms with E-state index in [0.717, 1.165) is 16.8 Å². The molecule has 3 aromatic rings. The topological polar surface area (TPSA) is 56.1 Å². The van der Waals surface area contributed by atoms with Crippen molar-refractivity contribution in [2.75, 3.05) is 25.0 Å². The molecule has 0 bridgehead atoms. The van der Waals surface area contributed by atoms with Crippen LogP contribution in [0, 0.1) is 11.3 Å². The Bertz CT molecular complexity index is 961. The minimum Gasteiger partial charge on any atom is -0.373 e. The molecular formula is C23H21N3O. The van der Waals surface area contributed by atoms with Crippen molar-refractivity contribution in [3.63, 3.8) is 0 Å². The molecule has 0 fully saturated rings. The standard InChI is InChI=1S/C23H21N3O/c1-26(19-10-3-2-4-11-19)16-15-25-23(27)22-14-8-7-13-21(22)20-12-6-5-9-18(20)17-24/h2-14H,15-16H2,1H3,(H,25,27). The van der Waals surface area contributed by atoms with Crippen LogP contribution in [0.2, 0.25) is 0 Å². The number of hydrogen-bond donors (Lipinski definition) is 1. The van der Waals surface area contributed by atoms with E-state index in [0.29, 0.717) is 24.2 Å². The highest BCUT2D eigenvalue weighted by Crippen LogP contribution is 2.26. The van der Waals surface area contributed by atoms with Crippen molar-refractivity contribution in [3.05, 3.63) is 90.0 Å². The van der Waals surface area contributed by atoms with Gasteiger partial charge >= 0.3 is 0 Å². The zero-order valence-electron chi connectivity index (χ0n) is 15.2. The molecule has 0 aromatic heterocycles. The second-order valence-corrected chi connectivity index (χ2v) is 6.22. The normalized spacial score (nSPS) is 10.1. The fourth-order valence-electron chi connectivity index (χ4n) is 2.98. The number of likely N-dealkylation sites (N-methyl/N-ethyl adjacent to an activating group) is 1. The van der Waals surface area contributed by atoms with Crippen molar-refractivity contribution in [2.45, 2.75) is 0 Å². The van der Waals surface area contributed by atoms with Gasteiger partial charge in [0.1, 0.15) is 0 Å². The van der Waals surface area contributed by atoms with Crippen LogP contribution >= 0.6 is 0 Å². The highest BCUT2D eigenvalue weighted by Gasteiger charge is 2.14. The first kappa shape index (κ1) is 18.2. The number of anilines is 1. The van der Waals surface area contributed by atoms with Gasteiger partial charge in [0.05, 0.1) is 11.6 Å². The van der Waals surface area contributed by atoms with Crippen LogP contribution in [0.25, 0.3) is 11.1 Å². The number of hydrogen-bond acceptors (Lipinski definition) is 3. The number of rotatable bonds is 6. The number of benzene rings is 3. The third-order valence-electron chi connectivity index (χ3n) is 4.44. The molecule has 0 atom stereocenters. The average Bonchev–Trinajstić information content (AvgIpc) is 2.74. The van der Waals surface area contributed by atoms with E-state index in [4.69, 9.17) is 0 Å². The number of nitrogens with one attached hydrogen (secondary N) is 1. The third-order valence-corrected chi connectivity index (χ3v) is 4.44. The van der Waals surface area contributed by atoms with E-state index in [1.807, 2.05) is 73.8 Å². The Kier molecular flexibility index (Phi) is 5.86. The summed E-state index contributed by atoms with van der Waals surface area (Å²) >= 11 is 0. The summed E-state index contributed by atoms with van der Waals surface area (Å²) < 4.78 is 0. The maximum Gasteiger partial charge on any atom is 0.251 e. The summed E-state index contributed by atoms with van der Waals surface area (Å²) in [7, 11) is 2.00. The van der Waals surface area contributed by atoms with Crippen molar-refractivity contribution < 1.29 is 4.79 Å². The molecule has 3 rings (SSSR count). The van der Waals surface area contributed by atoms with Crippen LogP contribution < -0.4 is 10.2 Å². The minimum atomic E-state index is -0.139. The van der Waals surface area contributed by atoms with Gasteiger partial charge in [-0.1, -0.05) is 54.6 Å². The van der Waals surface area contributed by atoms with Crippen LogP contribution in [0.15, 0.2) is 78.9 Å². The Balaban J connectivity index is 1.72. The molecule has 0 aliphatic heterocycles. The molecule has 0 heterocycles. The maximum atomic E-state index is 12.7. The maximum absolute atomic E-state index is 12.7. The van der Waals surface area contributed by atoms with E-state index in [1.54, 1.807) is 12.1 Å². The average molecular weight is 355 g/mol. The molecular weight excluding hydrogens is 334 g/mol. The highest BCUT2D eigenvalue weighted by atomic mass is 16.1. The molecule has 0 radical (unpaired) electrons. The highest BCUT2D eigenvalue weighted by molar-refractivity contribution is 6.01. The van der Waals surface area contributed by atoms with Gasteiger partial charge in [0.25, 0.3) is 5.91 Å². The van der Waals surface area contributed by atoms with Gasteiger partial charge in [-0.05, 0) is 29.8 Å². The monoisotopic (exact) mass is 355 g/mol. The second kappa shape index (κ2) is 8.68. The van der Waals surface area contributed by atoms with Gasteiger partial charge in [-0.3, -0.25) is 4.79 Å². The molecule has 0 unspecified atom stereocenters. The summed E-state index contributed by atoms with van der Waals surface area (Å²) in [6.07, 6.45) is 0. The third kappa shape index (κ3) is 4.34. The first-order valence-corrected chi connectivity index (χ1v) is 8.83. The van der Waals surface area contributed by atoms with E-state index >= 15 is 0 Å². The summed E-state index contributed by atoms with van der Waals surface area (Å²) in [5, 5.41) is 12.3. The van der Waals surface area contributed by atoms with Crippen LogP contribution in [-0.4, -0.2) is 26.0 Å². The Morgan fingerprint density at radius 3 is 2.30 bits per heavy atom. The molecule has 134 valence electrons. The van der Waals surface area contributed by atoms with Crippen LogP contribution in [0.1, 0.15) is 15.9 Å². The van der Waals surface area contributed by atoms with Crippen LogP contribution in [0.5, 0.6) is 0 Å². The quantitative estimate of drug-likeness (QED) is 0.724. The smallest absolute Gasteiger partial charge is 0.251 e. The van der Waals surface area contributed by atoms with Gasteiger partial charge in [-0.25, -0.2) is 0 Å². The number of para-hydroxylation sites is 1. The van der Waals surface area contributed by atoms with Gasteiger partial charge in [0.2, 0.25) is 0 Å². The van der Waals surface area contributed by atoms with Crippen molar-refractivity contribution in [1.82, 2.24) is 5.32 Å². The fraction of sp³-hybridized carbons (Fsp3) is 0.130. The molecule has 4 nitrogen and oxygen atoms in total. The summed E-state index contributed by atoms with van der Waals surface area (Å²) in [6.45, 7) is 1.23. The molecule has 1 amide bonds. The van der Waals surface area contributed by atoms with E-state index in [2.05, 4.69) is 16.3 Å². The number of amides is 1. The number of nitriles is 1. The molecule has 3 aromatic carbocycles. The Morgan fingerprint density at radius 2 is 1.56 bits per heavy atom. The zero-order chi connectivity index (χ0) is 19.1. The van der Waals surface area contributed by atoms with Gasteiger partial charge in [-0.15, -0.1) is 0 Å². The van der Waals surface area contributed by atoms with E-state index < -0.39 is 0 Å². The predicted octanol–water partition coefficient (Wildman–Crippen LogP) is 4.09. The van der Waals surface area contributed by atoms with Gasteiger partial charge in [0.15, 0.2) is 0 Å². The Morgan fingerprint density at radius 1 is 0.926 bits per heavy atom. The molecule has 0 spiro atoms. The lowest BCUT2D eigenvalue weighted by molar-refractivity contribution is 0.0955. The van der Waals surface area contributed by atoms with E-state index in [9.17, 15) is 10.1 Å². The lowest BCUT2D eigenvalue weighted by Gasteiger charge is -2.19. The first-order valence-electron chi connectivity index (χ1n) is 8.83. The van der Waals surface area contributed by atoms with Crippen molar-refractivity contribution >= 4 is 11.6 Å². The number of carbonyl (C=O) groups is 1. The van der Waals surface area contributed by atoms with Crippen LogP contribution in [-0.2, 0) is 0 Å². The SMILES string of the molecule is CN(CCNC(=O)c1ccccc1-c1ccccc1C#N)c1ccccc1. The molecule has 0 saturated carbocycles. The summed E-state index contributed by atoms with van der Waals surface area (Å²) in [6, 6.07) is 27.0. The van der Waals surface area contributed by atoms with Crippen LogP contribution in [0.4, 0.5) is 5.69 Å². The Labute approximate surface area is 159 Å². The molecule has 27 heavy (non-hydrogen) atoms. The summed E-state index contributed by atoms with van der Waals surface area (Å²) in [5.41, 5.74) is 3.77. The zero-order valence-corrected chi connectivity index (χ0v) is 15.2. The van der Waals surface area contributed by atoms with Gasteiger partial charge in [0, 0.05) is 37.0 Å². The van der Waals surface area contributed by atoms with Gasteiger partial charge in [-0.2, -0.15) is 5.26 Å². The second-order valence-electron chi connectivity index (χ2n) is 6.22. The number of nitrogens with zero attached hydrogens (tertiary/aromatic N) is 2. The van der Waals surface area contributed by atoms with Crippen molar-refractivity contribution in [3.8, 4) is 17.2 Å². The molecule has 0 saturated heterocycles. The molecule has 0 aliphatic rings. The van der Waals surface area contributed by atoms with Crippen LogP contribution in [0.3, 0.4) is 0 Å². The summed E-state index contributed by atoms with van der Waals surface area (Å²) in [5.74, 6) is -0.139. The van der Waals surface area contributed by atoms with Gasteiger partial charge < -0.3 is 10.2 Å². The first-order chi connectivity index (χ1) is 13.2. The van der Waals surface area contributed by atoms with Crippen molar-refractivity contribution in [2.24, 2.45) is 0 Å². The lowest BCUT2D eigenvalue weighted by atomic mass is 9.95. The fourth-order valence-corrected chi connectivity index (χ4v) is 2.98. The molecule has 4 heteroatoms. The summed E-state index contributed by atoms with van der Waals surface area (Å²) in [4.78, 5) is 14.8. The Hall–Kier alpha value is -3.58. The molecule has 0 aliphatic carbocycles. The predicted molar refractivity (Wildman–Crippen MR) is 109 cm³/mol. The van der Waals surface area contributed by atoms with E-state index in [-0.39, 0.29) is 5.91 Å². The lowest BCUT2D eigenvalue weighted by Crippen LogP contribution is -2.33. The largest absolute Gasteiger partial charge is 0.373 e. The number of carbonyl (C=O) groups excluding carboxylic acids is 1. The van der Waals surface area contributed by atoms with E-state index in [1.165, 1.54) is 0 Å². The molecule has 1 N–H and O–H groups in total. The van der Waals surface area contributed by atoms with Crippen molar-refractivity contribution in [1.29, 1.82) is 5.26 Å².